The molecule has 0 heterocycles. The second-order valence-electron chi connectivity index (χ2n) is 3.28. The Hall–Kier alpha value is -1.10. The molecule has 0 aliphatic rings. The zero-order valence-corrected chi connectivity index (χ0v) is 9.68. The Morgan fingerprint density at radius 2 is 1.94 bits per heavy atom. The van der Waals surface area contributed by atoms with Crippen molar-refractivity contribution in [1.82, 2.24) is 0 Å². The van der Waals surface area contributed by atoms with Crippen molar-refractivity contribution in [2.75, 3.05) is 34.0 Å². The average molecular weight is 226 g/mol. The van der Waals surface area contributed by atoms with Crippen molar-refractivity contribution in [3.05, 3.63) is 29.8 Å². The van der Waals surface area contributed by atoms with Gasteiger partial charge in [0.15, 0.2) is 0 Å². The summed E-state index contributed by atoms with van der Waals surface area (Å²) >= 11 is 0. The maximum Gasteiger partial charge on any atom is 0.124 e. The van der Waals surface area contributed by atoms with E-state index in [9.17, 15) is 5.11 Å². The minimum Gasteiger partial charge on any atom is -0.496 e. The maximum atomic E-state index is 9.28. The predicted octanol–water partition coefficient (Wildman–Crippen LogP) is 1.39. The second-order valence-corrected chi connectivity index (χ2v) is 3.28. The first-order valence-electron chi connectivity index (χ1n) is 5.17. The van der Waals surface area contributed by atoms with Gasteiger partial charge in [0.2, 0.25) is 0 Å². The van der Waals surface area contributed by atoms with E-state index in [1.807, 2.05) is 24.3 Å². The minimum atomic E-state index is -0.369. The second kappa shape index (κ2) is 7.22. The lowest BCUT2D eigenvalue weighted by atomic mass is 10.1. The van der Waals surface area contributed by atoms with Crippen LogP contribution >= 0.6 is 0 Å². The van der Waals surface area contributed by atoms with Gasteiger partial charge in [0.05, 0.1) is 26.9 Å². The van der Waals surface area contributed by atoms with Crippen LogP contribution in [0.4, 0.5) is 0 Å². The molecule has 1 rings (SSSR count). The molecule has 0 saturated carbocycles. The quantitative estimate of drug-likeness (QED) is 0.714. The molecule has 0 aliphatic carbocycles. The SMILES string of the molecule is COCCOC(CO)c1ccccc1OC. The van der Waals surface area contributed by atoms with E-state index >= 15 is 0 Å². The number of aliphatic hydroxyl groups excluding tert-OH is 1. The number of para-hydroxylation sites is 1. The summed E-state index contributed by atoms with van der Waals surface area (Å²) in [6.45, 7) is 0.871. The Balaban J connectivity index is 2.69. The summed E-state index contributed by atoms with van der Waals surface area (Å²) < 4.78 is 15.6. The molecule has 0 amide bonds. The summed E-state index contributed by atoms with van der Waals surface area (Å²) in [6.07, 6.45) is -0.369. The van der Waals surface area contributed by atoms with Gasteiger partial charge in [-0.3, -0.25) is 0 Å². The standard InChI is InChI=1S/C12H18O4/c1-14-7-8-16-12(9-13)10-5-3-4-6-11(10)15-2/h3-6,12-13H,7-9H2,1-2H3. The van der Waals surface area contributed by atoms with Gasteiger partial charge in [0.1, 0.15) is 11.9 Å². The largest absolute Gasteiger partial charge is 0.496 e. The van der Waals surface area contributed by atoms with Crippen molar-refractivity contribution < 1.29 is 19.3 Å². The highest BCUT2D eigenvalue weighted by atomic mass is 16.5. The zero-order chi connectivity index (χ0) is 11.8. The summed E-state index contributed by atoms with van der Waals surface area (Å²) in [5, 5.41) is 9.28. The summed E-state index contributed by atoms with van der Waals surface area (Å²) in [5.74, 6) is 0.721. The lowest BCUT2D eigenvalue weighted by molar-refractivity contribution is -0.0132. The van der Waals surface area contributed by atoms with E-state index in [4.69, 9.17) is 14.2 Å². The maximum absolute atomic E-state index is 9.28. The molecule has 4 heteroatoms. The molecular formula is C12H18O4. The van der Waals surface area contributed by atoms with Gasteiger partial charge in [-0.1, -0.05) is 18.2 Å². The van der Waals surface area contributed by atoms with E-state index in [2.05, 4.69) is 0 Å². The summed E-state index contributed by atoms with van der Waals surface area (Å²) in [7, 11) is 3.21. The van der Waals surface area contributed by atoms with Crippen LogP contribution in [0.3, 0.4) is 0 Å². The lowest BCUT2D eigenvalue weighted by Gasteiger charge is -2.18. The van der Waals surface area contributed by atoms with Crippen LogP contribution in [0, 0.1) is 0 Å². The molecule has 0 fully saturated rings. The fourth-order valence-corrected chi connectivity index (χ4v) is 1.45. The van der Waals surface area contributed by atoms with Gasteiger partial charge in [0.25, 0.3) is 0 Å². The Labute approximate surface area is 95.8 Å². The first-order chi connectivity index (χ1) is 7.83. The third kappa shape index (κ3) is 3.48. The van der Waals surface area contributed by atoms with Gasteiger partial charge in [-0.2, -0.15) is 0 Å². The fraction of sp³-hybridized carbons (Fsp3) is 0.500. The van der Waals surface area contributed by atoms with Crippen LogP contribution in [0.25, 0.3) is 0 Å². The Morgan fingerprint density at radius 3 is 2.56 bits per heavy atom. The van der Waals surface area contributed by atoms with Crippen molar-refractivity contribution in [2.24, 2.45) is 0 Å². The molecule has 1 N–H and O–H groups in total. The molecule has 1 atom stereocenters. The Bertz CT molecular complexity index is 301. The Morgan fingerprint density at radius 1 is 1.19 bits per heavy atom. The van der Waals surface area contributed by atoms with E-state index in [0.29, 0.717) is 13.2 Å². The topological polar surface area (TPSA) is 47.9 Å². The molecule has 0 aliphatic heterocycles. The number of hydrogen-bond acceptors (Lipinski definition) is 4. The molecular weight excluding hydrogens is 208 g/mol. The van der Waals surface area contributed by atoms with Gasteiger partial charge >= 0.3 is 0 Å². The molecule has 0 bridgehead atoms. The van der Waals surface area contributed by atoms with Crippen molar-refractivity contribution in [2.45, 2.75) is 6.10 Å². The zero-order valence-electron chi connectivity index (χ0n) is 9.68. The highest BCUT2D eigenvalue weighted by Crippen LogP contribution is 2.26. The minimum absolute atomic E-state index is 0.0793. The molecule has 4 nitrogen and oxygen atoms in total. The summed E-state index contributed by atoms with van der Waals surface area (Å²) in [5.41, 5.74) is 0.851. The van der Waals surface area contributed by atoms with Gasteiger partial charge in [-0.25, -0.2) is 0 Å². The molecule has 0 saturated heterocycles. The molecule has 1 unspecified atom stereocenters. The lowest BCUT2D eigenvalue weighted by Crippen LogP contribution is -2.13. The van der Waals surface area contributed by atoms with Crippen LogP contribution in [0.15, 0.2) is 24.3 Å². The van der Waals surface area contributed by atoms with E-state index in [-0.39, 0.29) is 12.7 Å². The molecule has 0 radical (unpaired) electrons. The van der Waals surface area contributed by atoms with Crippen LogP contribution in [0.5, 0.6) is 5.75 Å². The van der Waals surface area contributed by atoms with Crippen LogP contribution in [-0.2, 0) is 9.47 Å². The predicted molar refractivity (Wildman–Crippen MR) is 60.6 cm³/mol. The van der Waals surface area contributed by atoms with E-state index in [0.717, 1.165) is 11.3 Å². The van der Waals surface area contributed by atoms with E-state index in [1.165, 1.54) is 0 Å². The molecule has 16 heavy (non-hydrogen) atoms. The van der Waals surface area contributed by atoms with Crippen LogP contribution < -0.4 is 4.74 Å². The highest BCUT2D eigenvalue weighted by Gasteiger charge is 2.14. The average Bonchev–Trinajstić information content (AvgIpc) is 2.35. The van der Waals surface area contributed by atoms with Crippen LogP contribution in [0.1, 0.15) is 11.7 Å². The molecule has 0 spiro atoms. The van der Waals surface area contributed by atoms with Crippen LogP contribution in [-0.4, -0.2) is 39.1 Å². The Kier molecular flexibility index (Phi) is 5.85. The van der Waals surface area contributed by atoms with Crippen LogP contribution in [0.2, 0.25) is 0 Å². The summed E-state index contributed by atoms with van der Waals surface area (Å²) in [4.78, 5) is 0. The number of rotatable bonds is 7. The van der Waals surface area contributed by atoms with Gasteiger partial charge in [0, 0.05) is 12.7 Å². The fourth-order valence-electron chi connectivity index (χ4n) is 1.45. The first-order valence-corrected chi connectivity index (χ1v) is 5.17. The third-order valence-electron chi connectivity index (χ3n) is 2.26. The molecule has 90 valence electrons. The normalized spacial score (nSPS) is 12.4. The monoisotopic (exact) mass is 226 g/mol. The molecule has 1 aromatic rings. The van der Waals surface area contributed by atoms with Crippen molar-refractivity contribution in [1.29, 1.82) is 0 Å². The van der Waals surface area contributed by atoms with Crippen molar-refractivity contribution in [3.63, 3.8) is 0 Å². The van der Waals surface area contributed by atoms with Gasteiger partial charge in [-0.15, -0.1) is 0 Å². The highest BCUT2D eigenvalue weighted by molar-refractivity contribution is 5.35. The number of ether oxygens (including phenoxy) is 3. The number of benzene rings is 1. The van der Waals surface area contributed by atoms with Crippen molar-refractivity contribution in [3.8, 4) is 5.75 Å². The first kappa shape index (κ1) is 13.0. The number of hydrogen-bond donors (Lipinski definition) is 1. The van der Waals surface area contributed by atoms with E-state index in [1.54, 1.807) is 14.2 Å². The number of aliphatic hydroxyl groups is 1. The summed E-state index contributed by atoms with van der Waals surface area (Å²) in [6, 6.07) is 7.50. The smallest absolute Gasteiger partial charge is 0.124 e. The molecule has 0 aromatic heterocycles. The van der Waals surface area contributed by atoms with E-state index < -0.39 is 0 Å². The third-order valence-corrected chi connectivity index (χ3v) is 2.26. The number of methoxy groups -OCH3 is 2. The molecule has 1 aromatic carbocycles. The van der Waals surface area contributed by atoms with Gasteiger partial charge in [-0.05, 0) is 6.07 Å². The van der Waals surface area contributed by atoms with Gasteiger partial charge < -0.3 is 19.3 Å². The van der Waals surface area contributed by atoms with Crippen molar-refractivity contribution >= 4 is 0 Å².